The second-order valence-electron chi connectivity index (χ2n) is 5.88. The molecule has 1 aliphatic rings. The summed E-state index contributed by atoms with van der Waals surface area (Å²) in [6.07, 6.45) is 4.07. The lowest BCUT2D eigenvalue weighted by molar-refractivity contribution is 0.251. The maximum atomic E-state index is 12.0. The van der Waals surface area contributed by atoms with Gasteiger partial charge in [0.2, 0.25) is 5.13 Å². The number of urea groups is 1. The number of amides is 2. The van der Waals surface area contributed by atoms with Crippen LogP contribution in [0.25, 0.3) is 5.69 Å². The van der Waals surface area contributed by atoms with Gasteiger partial charge in [-0.3, -0.25) is 5.32 Å². The average Bonchev–Trinajstić information content (AvgIpc) is 3.22. The van der Waals surface area contributed by atoms with Gasteiger partial charge in [-0.15, -0.1) is 15.3 Å². The van der Waals surface area contributed by atoms with E-state index >= 15 is 0 Å². The summed E-state index contributed by atoms with van der Waals surface area (Å²) in [5.74, 6) is 1.26. The highest BCUT2D eigenvalue weighted by Crippen LogP contribution is 2.41. The number of carbonyl (C=O) groups excluding carboxylic acids is 1. The Labute approximate surface area is 153 Å². The number of hydrogen-bond acceptors (Lipinski definition) is 7. The molecule has 0 spiro atoms. The molecular weight excluding hydrogens is 354 g/mol. The third-order valence-electron chi connectivity index (χ3n) is 3.88. The zero-order chi connectivity index (χ0) is 17.9. The van der Waals surface area contributed by atoms with Gasteiger partial charge in [0.05, 0.1) is 25.5 Å². The topological polar surface area (TPSA) is 107 Å². The Bertz CT molecular complexity index is 919. The highest BCUT2D eigenvalue weighted by atomic mass is 32.1. The first-order chi connectivity index (χ1) is 12.7. The van der Waals surface area contributed by atoms with Crippen LogP contribution in [0.5, 0.6) is 5.75 Å². The molecule has 1 saturated carbocycles. The van der Waals surface area contributed by atoms with Crippen molar-refractivity contribution in [3.05, 3.63) is 41.2 Å². The molecule has 4 rings (SSSR count). The molecule has 0 unspecified atom stereocenters. The quantitative estimate of drug-likeness (QED) is 0.689. The second-order valence-corrected chi connectivity index (χ2v) is 6.89. The fourth-order valence-corrected chi connectivity index (χ4v) is 3.26. The number of rotatable bonds is 6. The molecule has 26 heavy (non-hydrogen) atoms. The van der Waals surface area contributed by atoms with Gasteiger partial charge < -0.3 is 10.1 Å². The van der Waals surface area contributed by atoms with Crippen LogP contribution in [0.2, 0.25) is 0 Å². The first-order valence-corrected chi connectivity index (χ1v) is 8.97. The first-order valence-electron chi connectivity index (χ1n) is 8.15. The van der Waals surface area contributed by atoms with Gasteiger partial charge in [0.15, 0.2) is 0 Å². The summed E-state index contributed by atoms with van der Waals surface area (Å²) in [6, 6.07) is 7.13. The van der Waals surface area contributed by atoms with Gasteiger partial charge >= 0.3 is 6.03 Å². The Hall–Kier alpha value is -3.01. The lowest BCUT2D eigenvalue weighted by Crippen LogP contribution is -2.28. The number of ether oxygens (including phenoxy) is 1. The van der Waals surface area contributed by atoms with E-state index in [1.807, 2.05) is 24.3 Å². The van der Waals surface area contributed by atoms with Gasteiger partial charge in [0.1, 0.15) is 16.5 Å². The van der Waals surface area contributed by atoms with Crippen LogP contribution >= 0.6 is 11.3 Å². The van der Waals surface area contributed by atoms with Crippen molar-refractivity contribution in [2.24, 2.45) is 0 Å². The predicted octanol–water partition coefficient (Wildman–Crippen LogP) is 2.33. The average molecular weight is 371 g/mol. The number of benzene rings is 1. The molecular formula is C16H17N7O2S. The van der Waals surface area contributed by atoms with E-state index in [0.717, 1.165) is 29.3 Å². The van der Waals surface area contributed by atoms with Gasteiger partial charge in [0, 0.05) is 12.0 Å². The molecule has 0 aliphatic heterocycles. The third kappa shape index (κ3) is 3.80. The molecule has 0 saturated heterocycles. The maximum Gasteiger partial charge on any atom is 0.321 e. The van der Waals surface area contributed by atoms with Crippen molar-refractivity contribution >= 4 is 22.5 Å². The summed E-state index contributed by atoms with van der Waals surface area (Å²) in [4.78, 5) is 12.0. The minimum atomic E-state index is -0.348. The second kappa shape index (κ2) is 7.08. The highest BCUT2D eigenvalue weighted by molar-refractivity contribution is 7.15. The lowest BCUT2D eigenvalue weighted by Gasteiger charge is -2.03. The summed E-state index contributed by atoms with van der Waals surface area (Å²) in [7, 11) is 1.61. The van der Waals surface area contributed by atoms with Crippen molar-refractivity contribution in [2.45, 2.75) is 25.3 Å². The fraction of sp³-hybridized carbons (Fsp3) is 0.312. The maximum absolute atomic E-state index is 12.0. The molecule has 0 radical (unpaired) electrons. The van der Waals surface area contributed by atoms with Crippen LogP contribution in [0.1, 0.15) is 29.5 Å². The van der Waals surface area contributed by atoms with Gasteiger partial charge in [0.25, 0.3) is 0 Å². The number of hydrogen-bond donors (Lipinski definition) is 2. The van der Waals surface area contributed by atoms with Crippen LogP contribution in [0.3, 0.4) is 0 Å². The van der Waals surface area contributed by atoms with Gasteiger partial charge in [-0.05, 0) is 25.0 Å². The summed E-state index contributed by atoms with van der Waals surface area (Å²) < 4.78 is 6.83. The fourth-order valence-electron chi connectivity index (χ4n) is 2.35. The molecule has 1 aliphatic carbocycles. The van der Waals surface area contributed by atoms with E-state index in [4.69, 9.17) is 4.74 Å². The lowest BCUT2D eigenvalue weighted by atomic mass is 10.3. The molecule has 2 amide bonds. The normalized spacial score (nSPS) is 13.4. The number of nitrogens with zero attached hydrogens (tertiary/aromatic N) is 5. The van der Waals surface area contributed by atoms with Crippen LogP contribution in [0.15, 0.2) is 30.5 Å². The Morgan fingerprint density at radius 1 is 1.35 bits per heavy atom. The zero-order valence-electron chi connectivity index (χ0n) is 14.0. The van der Waals surface area contributed by atoms with Crippen molar-refractivity contribution in [1.82, 2.24) is 30.5 Å². The van der Waals surface area contributed by atoms with Crippen LogP contribution in [-0.4, -0.2) is 38.3 Å². The molecule has 9 nitrogen and oxygen atoms in total. The number of carbonyl (C=O) groups is 1. The molecule has 134 valence electrons. The number of aromatic nitrogens is 5. The predicted molar refractivity (Wildman–Crippen MR) is 95.7 cm³/mol. The highest BCUT2D eigenvalue weighted by Gasteiger charge is 2.27. The third-order valence-corrected chi connectivity index (χ3v) is 4.88. The van der Waals surface area contributed by atoms with Crippen molar-refractivity contribution in [1.29, 1.82) is 0 Å². The Balaban J connectivity index is 1.32. The Morgan fingerprint density at radius 2 is 2.23 bits per heavy atom. The molecule has 1 aromatic carbocycles. The largest absolute Gasteiger partial charge is 0.497 e. The van der Waals surface area contributed by atoms with Crippen molar-refractivity contribution in [3.63, 3.8) is 0 Å². The van der Waals surface area contributed by atoms with E-state index in [2.05, 4.69) is 31.1 Å². The number of nitrogens with one attached hydrogen (secondary N) is 2. The Kier molecular flexibility index (Phi) is 4.48. The van der Waals surface area contributed by atoms with Crippen molar-refractivity contribution in [3.8, 4) is 11.4 Å². The summed E-state index contributed by atoms with van der Waals surface area (Å²) in [5.41, 5.74) is 1.47. The molecule has 0 atom stereocenters. The Morgan fingerprint density at radius 3 is 3.04 bits per heavy atom. The van der Waals surface area contributed by atoms with Crippen LogP contribution in [-0.2, 0) is 6.54 Å². The standard InChI is InChI=1S/C16H17N7O2S/c1-25-13-4-2-3-12(7-13)23-9-11(19-22-23)8-17-15(24)18-16-21-20-14(26-16)10-5-6-10/h2-4,7,9-10H,5-6,8H2,1H3,(H2,17,18,21,24). The minimum absolute atomic E-state index is 0.254. The van der Waals surface area contributed by atoms with E-state index in [1.54, 1.807) is 18.0 Å². The molecule has 2 heterocycles. The van der Waals surface area contributed by atoms with E-state index < -0.39 is 0 Å². The number of anilines is 1. The smallest absolute Gasteiger partial charge is 0.321 e. The molecule has 0 bridgehead atoms. The molecule has 2 N–H and O–H groups in total. The van der Waals surface area contributed by atoms with Crippen molar-refractivity contribution < 1.29 is 9.53 Å². The van der Waals surface area contributed by atoms with E-state index in [-0.39, 0.29) is 12.6 Å². The van der Waals surface area contributed by atoms with E-state index in [1.165, 1.54) is 11.3 Å². The number of methoxy groups -OCH3 is 1. The zero-order valence-corrected chi connectivity index (χ0v) is 14.9. The van der Waals surface area contributed by atoms with Gasteiger partial charge in [-0.2, -0.15) is 0 Å². The van der Waals surface area contributed by atoms with Crippen LogP contribution in [0.4, 0.5) is 9.93 Å². The van der Waals surface area contributed by atoms with E-state index in [0.29, 0.717) is 16.7 Å². The van der Waals surface area contributed by atoms with Crippen LogP contribution in [0, 0.1) is 0 Å². The van der Waals surface area contributed by atoms with Crippen LogP contribution < -0.4 is 15.4 Å². The monoisotopic (exact) mass is 371 g/mol. The van der Waals surface area contributed by atoms with E-state index in [9.17, 15) is 4.79 Å². The summed E-state index contributed by atoms with van der Waals surface area (Å²) >= 11 is 1.42. The molecule has 1 fully saturated rings. The first kappa shape index (κ1) is 16.5. The molecule has 10 heteroatoms. The summed E-state index contributed by atoms with van der Waals surface area (Å²) in [6.45, 7) is 0.254. The van der Waals surface area contributed by atoms with Gasteiger partial charge in [-0.25, -0.2) is 9.48 Å². The van der Waals surface area contributed by atoms with Gasteiger partial charge in [-0.1, -0.05) is 22.6 Å². The summed E-state index contributed by atoms with van der Waals surface area (Å²) in [5, 5.41) is 23.1. The SMILES string of the molecule is COc1cccc(-n2cc(CNC(=O)Nc3nnc(C4CC4)s3)nn2)c1. The molecule has 2 aromatic heterocycles. The minimum Gasteiger partial charge on any atom is -0.497 e. The molecule has 3 aromatic rings. The van der Waals surface area contributed by atoms with Crippen molar-refractivity contribution in [2.75, 3.05) is 12.4 Å².